The minimum absolute atomic E-state index is 0.0298. The van der Waals surface area contributed by atoms with Crippen LogP contribution in [0.15, 0.2) is 40.2 Å². The van der Waals surface area contributed by atoms with E-state index in [0.717, 1.165) is 58.4 Å². The number of rotatable bonds is 3. The quantitative estimate of drug-likeness (QED) is 0.667. The Morgan fingerprint density at radius 1 is 1.15 bits per heavy atom. The lowest BCUT2D eigenvalue weighted by Crippen LogP contribution is -2.24. The molecule has 1 N–H and O–H groups in total. The molecule has 1 aliphatic rings. The maximum absolute atomic E-state index is 12.7. The standard InChI is InChI=1S/C20H22N4OS/c1-12-10-18(25)24(14-5-3-4-6-14)19-16(12)11-21-20(23-19)22-17-8-7-15(26)9-13(17)2/h7-11,14,26H,3-6H2,1-2H3,(H,21,22,23). The van der Waals surface area contributed by atoms with Gasteiger partial charge >= 0.3 is 0 Å². The first-order valence-corrected chi connectivity index (χ1v) is 9.43. The molecule has 0 saturated heterocycles. The molecule has 1 fully saturated rings. The van der Waals surface area contributed by atoms with Crippen LogP contribution < -0.4 is 10.9 Å². The Hall–Kier alpha value is -2.34. The van der Waals surface area contributed by atoms with Crippen LogP contribution in [0.25, 0.3) is 11.0 Å². The van der Waals surface area contributed by atoms with Crippen LogP contribution in [0, 0.1) is 13.8 Å². The van der Waals surface area contributed by atoms with Crippen LogP contribution in [0.3, 0.4) is 0 Å². The molecule has 2 aromatic heterocycles. The van der Waals surface area contributed by atoms with Crippen LogP contribution in [-0.4, -0.2) is 14.5 Å². The Morgan fingerprint density at radius 3 is 2.65 bits per heavy atom. The molecule has 0 amide bonds. The van der Waals surface area contributed by atoms with Gasteiger partial charge in [-0.05, 0) is 56.0 Å². The van der Waals surface area contributed by atoms with E-state index in [1.165, 1.54) is 0 Å². The summed E-state index contributed by atoms with van der Waals surface area (Å²) in [6, 6.07) is 7.82. The number of benzene rings is 1. The van der Waals surface area contributed by atoms with Gasteiger partial charge in [0.05, 0.1) is 0 Å². The van der Waals surface area contributed by atoms with Crippen LogP contribution in [0.1, 0.15) is 42.9 Å². The van der Waals surface area contributed by atoms with Crippen molar-refractivity contribution < 1.29 is 0 Å². The second-order valence-corrected chi connectivity index (χ2v) is 7.55. The summed E-state index contributed by atoms with van der Waals surface area (Å²) in [5, 5.41) is 4.21. The molecule has 6 heteroatoms. The van der Waals surface area contributed by atoms with Gasteiger partial charge in [-0.1, -0.05) is 12.8 Å². The average Bonchev–Trinajstić information content (AvgIpc) is 3.11. The normalized spacial score (nSPS) is 14.9. The summed E-state index contributed by atoms with van der Waals surface area (Å²) in [5.74, 6) is 0.504. The minimum Gasteiger partial charge on any atom is -0.324 e. The fourth-order valence-electron chi connectivity index (χ4n) is 3.76. The number of thiol groups is 1. The third-order valence-corrected chi connectivity index (χ3v) is 5.42. The lowest BCUT2D eigenvalue weighted by atomic mass is 10.1. The van der Waals surface area contributed by atoms with Gasteiger partial charge in [0.1, 0.15) is 5.65 Å². The van der Waals surface area contributed by atoms with Crippen LogP contribution >= 0.6 is 12.6 Å². The Balaban J connectivity index is 1.82. The topological polar surface area (TPSA) is 59.8 Å². The maximum Gasteiger partial charge on any atom is 0.252 e. The summed E-state index contributed by atoms with van der Waals surface area (Å²) < 4.78 is 1.87. The molecular weight excluding hydrogens is 344 g/mol. The Kier molecular flexibility index (Phi) is 4.44. The summed E-state index contributed by atoms with van der Waals surface area (Å²) in [6.07, 6.45) is 6.21. The zero-order valence-corrected chi connectivity index (χ0v) is 15.9. The first kappa shape index (κ1) is 17.1. The van der Waals surface area contributed by atoms with Crippen molar-refractivity contribution in [3.8, 4) is 0 Å². The molecule has 2 heterocycles. The second-order valence-electron chi connectivity index (χ2n) is 7.03. The highest BCUT2D eigenvalue weighted by Crippen LogP contribution is 2.31. The number of aromatic nitrogens is 3. The summed E-state index contributed by atoms with van der Waals surface area (Å²) >= 11 is 4.36. The van der Waals surface area contributed by atoms with Crippen molar-refractivity contribution in [2.45, 2.75) is 50.5 Å². The number of nitrogens with zero attached hydrogens (tertiary/aromatic N) is 3. The monoisotopic (exact) mass is 366 g/mol. The van der Waals surface area contributed by atoms with Gasteiger partial charge in [-0.15, -0.1) is 12.6 Å². The molecule has 0 atom stereocenters. The van der Waals surface area contributed by atoms with Gasteiger partial charge < -0.3 is 5.32 Å². The Bertz CT molecular complexity index is 1040. The summed E-state index contributed by atoms with van der Waals surface area (Å²) in [7, 11) is 0. The molecule has 1 aliphatic carbocycles. The fourth-order valence-corrected chi connectivity index (χ4v) is 4.02. The van der Waals surface area contributed by atoms with Gasteiger partial charge in [0, 0.05) is 34.3 Å². The van der Waals surface area contributed by atoms with Gasteiger partial charge in [-0.2, -0.15) is 4.98 Å². The van der Waals surface area contributed by atoms with Crippen molar-refractivity contribution in [1.29, 1.82) is 0 Å². The van der Waals surface area contributed by atoms with E-state index in [1.54, 1.807) is 6.07 Å². The van der Waals surface area contributed by atoms with E-state index in [4.69, 9.17) is 4.98 Å². The van der Waals surface area contributed by atoms with E-state index in [2.05, 4.69) is 22.9 Å². The van der Waals surface area contributed by atoms with E-state index in [0.29, 0.717) is 5.95 Å². The predicted octanol–water partition coefficient (Wildman–Crippen LogP) is 4.56. The molecule has 4 rings (SSSR count). The van der Waals surface area contributed by atoms with E-state index in [9.17, 15) is 4.79 Å². The summed E-state index contributed by atoms with van der Waals surface area (Å²) in [5.41, 5.74) is 3.68. The molecule has 0 aliphatic heterocycles. The molecule has 3 aromatic rings. The number of hydrogen-bond acceptors (Lipinski definition) is 5. The Labute approximate surface area is 157 Å². The molecule has 134 valence electrons. The molecule has 5 nitrogen and oxygen atoms in total. The number of pyridine rings is 1. The molecule has 26 heavy (non-hydrogen) atoms. The van der Waals surface area contributed by atoms with E-state index < -0.39 is 0 Å². The zero-order chi connectivity index (χ0) is 18.3. The molecular formula is C20H22N4OS. The summed E-state index contributed by atoms with van der Waals surface area (Å²) in [6.45, 7) is 3.95. The smallest absolute Gasteiger partial charge is 0.252 e. The van der Waals surface area contributed by atoms with Gasteiger partial charge in [0.15, 0.2) is 0 Å². The molecule has 1 aromatic carbocycles. The fraction of sp³-hybridized carbons (Fsp3) is 0.350. The van der Waals surface area contributed by atoms with E-state index >= 15 is 0 Å². The van der Waals surface area contributed by atoms with Gasteiger partial charge in [-0.3, -0.25) is 9.36 Å². The van der Waals surface area contributed by atoms with Crippen molar-refractivity contribution in [3.05, 3.63) is 51.9 Å². The predicted molar refractivity (Wildman–Crippen MR) is 108 cm³/mol. The second kappa shape index (κ2) is 6.76. The van der Waals surface area contributed by atoms with Crippen LogP contribution in [0.5, 0.6) is 0 Å². The molecule has 0 spiro atoms. The molecule has 1 saturated carbocycles. The molecule has 0 unspecified atom stereocenters. The third kappa shape index (κ3) is 3.09. The van der Waals surface area contributed by atoms with Crippen LogP contribution in [-0.2, 0) is 0 Å². The van der Waals surface area contributed by atoms with Gasteiger partial charge in [0.2, 0.25) is 5.95 Å². The number of nitrogens with one attached hydrogen (secondary N) is 1. The van der Waals surface area contributed by atoms with Crippen molar-refractivity contribution in [3.63, 3.8) is 0 Å². The lowest BCUT2D eigenvalue weighted by molar-refractivity contribution is 0.515. The number of aryl methyl sites for hydroxylation is 2. The van der Waals surface area contributed by atoms with Crippen molar-refractivity contribution in [2.75, 3.05) is 5.32 Å². The summed E-state index contributed by atoms with van der Waals surface area (Å²) in [4.78, 5) is 22.8. The average molecular weight is 366 g/mol. The SMILES string of the molecule is Cc1cc(S)ccc1Nc1ncc2c(C)cc(=O)n(C3CCCC3)c2n1. The maximum atomic E-state index is 12.7. The number of fused-ring (bicyclic) bond motifs is 1. The van der Waals surface area contributed by atoms with Crippen LogP contribution in [0.2, 0.25) is 0 Å². The van der Waals surface area contributed by atoms with E-state index in [-0.39, 0.29) is 11.6 Å². The largest absolute Gasteiger partial charge is 0.324 e. The van der Waals surface area contributed by atoms with Gasteiger partial charge in [0.25, 0.3) is 5.56 Å². The van der Waals surface area contributed by atoms with Crippen LogP contribution in [0.4, 0.5) is 11.6 Å². The first-order valence-electron chi connectivity index (χ1n) is 8.98. The highest BCUT2D eigenvalue weighted by Gasteiger charge is 2.21. The number of anilines is 2. The zero-order valence-electron chi connectivity index (χ0n) is 15.0. The first-order chi connectivity index (χ1) is 12.5. The van der Waals surface area contributed by atoms with Crippen molar-refractivity contribution in [1.82, 2.24) is 14.5 Å². The highest BCUT2D eigenvalue weighted by atomic mass is 32.1. The molecule has 0 bridgehead atoms. The van der Waals surface area contributed by atoms with Crippen molar-refractivity contribution >= 4 is 35.3 Å². The Morgan fingerprint density at radius 2 is 1.92 bits per heavy atom. The van der Waals surface area contributed by atoms with Crippen molar-refractivity contribution in [2.24, 2.45) is 0 Å². The minimum atomic E-state index is 0.0298. The van der Waals surface area contributed by atoms with Gasteiger partial charge in [-0.25, -0.2) is 4.98 Å². The van der Waals surface area contributed by atoms with E-state index in [1.807, 2.05) is 42.8 Å². The highest BCUT2D eigenvalue weighted by molar-refractivity contribution is 7.80. The third-order valence-electron chi connectivity index (χ3n) is 5.15. The molecule has 0 radical (unpaired) electrons. The number of hydrogen-bond donors (Lipinski definition) is 2. The lowest BCUT2D eigenvalue weighted by Gasteiger charge is -2.17.